The molecule has 0 saturated carbocycles. The lowest BCUT2D eigenvalue weighted by Gasteiger charge is -2.08. The maximum absolute atomic E-state index is 6.13. The number of rotatable bonds is 3. The second-order valence-corrected chi connectivity index (χ2v) is 5.04. The number of halogens is 1. The summed E-state index contributed by atoms with van der Waals surface area (Å²) >= 11 is 7.64. The van der Waals surface area contributed by atoms with Crippen molar-refractivity contribution in [1.82, 2.24) is 0 Å². The van der Waals surface area contributed by atoms with E-state index in [1.54, 1.807) is 0 Å². The van der Waals surface area contributed by atoms with E-state index in [1.807, 2.05) is 49.4 Å². The first-order chi connectivity index (χ1) is 8.15. The van der Waals surface area contributed by atoms with Crippen LogP contribution in [-0.2, 0) is 0 Å². The van der Waals surface area contributed by atoms with Gasteiger partial charge in [0.1, 0.15) is 0 Å². The average Bonchev–Trinajstić information content (AvgIpc) is 2.30. The SMILES string of the molecule is Cc1ccc(NSc2ccc(N)cc2)c(Cl)c1. The number of hydrogen-bond donors (Lipinski definition) is 2. The van der Waals surface area contributed by atoms with Crippen molar-refractivity contribution < 1.29 is 0 Å². The maximum atomic E-state index is 6.13. The van der Waals surface area contributed by atoms with Crippen molar-refractivity contribution in [2.24, 2.45) is 0 Å². The average molecular weight is 265 g/mol. The summed E-state index contributed by atoms with van der Waals surface area (Å²) in [4.78, 5) is 1.09. The third kappa shape index (κ3) is 3.32. The molecule has 2 aromatic rings. The monoisotopic (exact) mass is 264 g/mol. The summed E-state index contributed by atoms with van der Waals surface area (Å²) in [5.41, 5.74) is 8.46. The molecule has 2 aromatic carbocycles. The van der Waals surface area contributed by atoms with Gasteiger partial charge in [0.05, 0.1) is 10.7 Å². The van der Waals surface area contributed by atoms with Crippen LogP contribution in [0.4, 0.5) is 11.4 Å². The van der Waals surface area contributed by atoms with E-state index in [-0.39, 0.29) is 0 Å². The van der Waals surface area contributed by atoms with Crippen molar-refractivity contribution in [2.75, 3.05) is 10.5 Å². The molecule has 0 spiro atoms. The van der Waals surface area contributed by atoms with E-state index in [1.165, 1.54) is 11.9 Å². The van der Waals surface area contributed by atoms with Crippen LogP contribution in [0.3, 0.4) is 0 Å². The Kier molecular flexibility index (Phi) is 3.82. The fraction of sp³-hybridized carbons (Fsp3) is 0.0769. The minimum absolute atomic E-state index is 0.730. The molecule has 0 aliphatic rings. The van der Waals surface area contributed by atoms with E-state index in [0.717, 1.165) is 26.9 Å². The smallest absolute Gasteiger partial charge is 0.0648 e. The van der Waals surface area contributed by atoms with Gasteiger partial charge in [0, 0.05) is 10.6 Å². The molecule has 0 unspecified atom stereocenters. The number of nitrogens with one attached hydrogen (secondary N) is 1. The number of benzene rings is 2. The van der Waals surface area contributed by atoms with Gasteiger partial charge in [0.2, 0.25) is 0 Å². The molecular weight excluding hydrogens is 252 g/mol. The zero-order valence-corrected chi connectivity index (χ0v) is 11.0. The van der Waals surface area contributed by atoms with E-state index < -0.39 is 0 Å². The van der Waals surface area contributed by atoms with Gasteiger partial charge in [0.15, 0.2) is 0 Å². The lowest BCUT2D eigenvalue weighted by Crippen LogP contribution is -1.89. The standard InChI is InChI=1S/C13H13ClN2S/c1-9-2-7-13(12(14)8-9)16-17-11-5-3-10(15)4-6-11/h2-8,16H,15H2,1H3. The molecule has 2 rings (SSSR count). The summed E-state index contributed by atoms with van der Waals surface area (Å²) < 4.78 is 3.22. The summed E-state index contributed by atoms with van der Waals surface area (Å²) in [5, 5.41) is 0.730. The second kappa shape index (κ2) is 5.34. The van der Waals surface area contributed by atoms with Gasteiger partial charge < -0.3 is 10.5 Å². The molecule has 17 heavy (non-hydrogen) atoms. The molecule has 0 radical (unpaired) electrons. The molecule has 0 fully saturated rings. The van der Waals surface area contributed by atoms with Gasteiger partial charge in [-0.3, -0.25) is 0 Å². The predicted octanol–water partition coefficient (Wildman–Crippen LogP) is 4.35. The van der Waals surface area contributed by atoms with Crippen LogP contribution in [0.1, 0.15) is 5.56 Å². The molecule has 4 heteroatoms. The molecule has 0 aromatic heterocycles. The number of nitrogens with two attached hydrogens (primary N) is 1. The Morgan fingerprint density at radius 1 is 1.12 bits per heavy atom. The van der Waals surface area contributed by atoms with Crippen LogP contribution in [0.25, 0.3) is 0 Å². The predicted molar refractivity (Wildman–Crippen MR) is 76.5 cm³/mol. The highest BCUT2D eigenvalue weighted by Crippen LogP contribution is 2.28. The van der Waals surface area contributed by atoms with Gasteiger partial charge in [-0.1, -0.05) is 17.7 Å². The topological polar surface area (TPSA) is 38.0 Å². The van der Waals surface area contributed by atoms with Gasteiger partial charge in [0.25, 0.3) is 0 Å². The van der Waals surface area contributed by atoms with Crippen molar-refractivity contribution >= 4 is 34.9 Å². The van der Waals surface area contributed by atoms with E-state index in [0.29, 0.717) is 0 Å². The molecule has 0 bridgehead atoms. The van der Waals surface area contributed by atoms with Crippen LogP contribution < -0.4 is 10.5 Å². The minimum Gasteiger partial charge on any atom is -0.399 e. The molecule has 0 saturated heterocycles. The summed E-state index contributed by atoms with van der Waals surface area (Å²) in [6.45, 7) is 2.02. The minimum atomic E-state index is 0.730. The lowest BCUT2D eigenvalue weighted by molar-refractivity contribution is 1.45. The first kappa shape index (κ1) is 12.1. The van der Waals surface area contributed by atoms with E-state index >= 15 is 0 Å². The molecule has 0 heterocycles. The molecule has 0 aliphatic heterocycles. The van der Waals surface area contributed by atoms with Crippen molar-refractivity contribution in [3.63, 3.8) is 0 Å². The summed E-state index contributed by atoms with van der Waals surface area (Å²) in [5.74, 6) is 0. The Morgan fingerprint density at radius 3 is 2.47 bits per heavy atom. The molecular formula is C13H13ClN2S. The van der Waals surface area contributed by atoms with Crippen molar-refractivity contribution in [3.8, 4) is 0 Å². The van der Waals surface area contributed by atoms with Gasteiger partial charge >= 0.3 is 0 Å². The zero-order chi connectivity index (χ0) is 12.3. The Hall–Kier alpha value is -1.32. The number of hydrogen-bond acceptors (Lipinski definition) is 3. The van der Waals surface area contributed by atoms with Crippen LogP contribution in [0.5, 0.6) is 0 Å². The summed E-state index contributed by atoms with van der Waals surface area (Å²) in [7, 11) is 0. The molecule has 0 amide bonds. The molecule has 2 nitrogen and oxygen atoms in total. The van der Waals surface area contributed by atoms with E-state index in [2.05, 4.69) is 4.72 Å². The first-order valence-corrected chi connectivity index (χ1v) is 6.39. The van der Waals surface area contributed by atoms with E-state index in [9.17, 15) is 0 Å². The normalized spacial score (nSPS) is 10.2. The van der Waals surface area contributed by atoms with Crippen LogP contribution in [0.2, 0.25) is 5.02 Å². The van der Waals surface area contributed by atoms with Crippen LogP contribution in [-0.4, -0.2) is 0 Å². The molecule has 0 aliphatic carbocycles. The quantitative estimate of drug-likeness (QED) is 0.639. The molecule has 88 valence electrons. The Morgan fingerprint density at radius 2 is 1.82 bits per heavy atom. The highest BCUT2D eigenvalue weighted by Gasteiger charge is 2.00. The van der Waals surface area contributed by atoms with Crippen molar-refractivity contribution in [1.29, 1.82) is 0 Å². The van der Waals surface area contributed by atoms with Crippen molar-refractivity contribution in [3.05, 3.63) is 53.1 Å². The highest BCUT2D eigenvalue weighted by molar-refractivity contribution is 8.00. The fourth-order valence-corrected chi connectivity index (χ4v) is 2.37. The van der Waals surface area contributed by atoms with Crippen LogP contribution in [0, 0.1) is 6.92 Å². The molecule has 0 atom stereocenters. The van der Waals surface area contributed by atoms with Crippen molar-refractivity contribution in [2.45, 2.75) is 11.8 Å². The third-order valence-corrected chi connectivity index (χ3v) is 3.43. The number of nitrogen functional groups attached to an aromatic ring is 1. The van der Waals surface area contributed by atoms with Gasteiger partial charge in [-0.25, -0.2) is 0 Å². The highest BCUT2D eigenvalue weighted by atomic mass is 35.5. The third-order valence-electron chi connectivity index (χ3n) is 2.28. The fourth-order valence-electron chi connectivity index (χ4n) is 1.35. The summed E-state index contributed by atoms with van der Waals surface area (Å²) in [6, 6.07) is 13.6. The largest absolute Gasteiger partial charge is 0.399 e. The Balaban J connectivity index is 2.04. The number of aryl methyl sites for hydroxylation is 1. The Bertz CT molecular complexity index is 511. The second-order valence-electron chi connectivity index (χ2n) is 3.76. The van der Waals surface area contributed by atoms with Crippen LogP contribution >= 0.6 is 23.5 Å². The maximum Gasteiger partial charge on any atom is 0.0648 e. The lowest BCUT2D eigenvalue weighted by atomic mass is 10.2. The van der Waals surface area contributed by atoms with Gasteiger partial charge in [-0.15, -0.1) is 0 Å². The van der Waals surface area contributed by atoms with Gasteiger partial charge in [-0.05, 0) is 60.8 Å². The van der Waals surface area contributed by atoms with Crippen LogP contribution in [0.15, 0.2) is 47.4 Å². The Labute approximate surface area is 110 Å². The zero-order valence-electron chi connectivity index (χ0n) is 9.41. The summed E-state index contributed by atoms with van der Waals surface area (Å²) in [6.07, 6.45) is 0. The molecule has 3 N–H and O–H groups in total. The van der Waals surface area contributed by atoms with E-state index in [4.69, 9.17) is 17.3 Å². The number of anilines is 2. The first-order valence-electron chi connectivity index (χ1n) is 5.20. The van der Waals surface area contributed by atoms with Gasteiger partial charge in [-0.2, -0.15) is 0 Å².